The van der Waals surface area contributed by atoms with Crippen LogP contribution in [0.2, 0.25) is 0 Å². The first-order valence-corrected chi connectivity index (χ1v) is 7.80. The van der Waals surface area contributed by atoms with E-state index < -0.39 is 24.0 Å². The van der Waals surface area contributed by atoms with Gasteiger partial charge < -0.3 is 10.1 Å². The molecule has 8 heteroatoms. The number of rotatable bonds is 6. The summed E-state index contributed by atoms with van der Waals surface area (Å²) in [5.74, 6) is -1.36. The topological polar surface area (TPSA) is 73.2 Å². The zero-order chi connectivity index (χ0) is 18.6. The van der Waals surface area contributed by atoms with Gasteiger partial charge in [-0.15, -0.1) is 0 Å². The average Bonchev–Trinajstić information content (AvgIpc) is 2.97. The van der Waals surface area contributed by atoms with Crippen molar-refractivity contribution in [2.45, 2.75) is 26.7 Å². The standard InChI is InChI=1S/C17H19F2N3O3/c1-4-10-6-7-11(17(24)25-5-2)13(8-10)20-16(23)12-9-22(3)21-14(12)15(18)19/h6-9,15H,4-5H2,1-3H3,(H,20,23). The van der Waals surface area contributed by atoms with Gasteiger partial charge >= 0.3 is 5.97 Å². The molecule has 2 rings (SSSR count). The molecule has 134 valence electrons. The number of carbonyl (C=O) groups excluding carboxylic acids is 2. The van der Waals surface area contributed by atoms with Gasteiger partial charge in [-0.05, 0) is 31.0 Å². The van der Waals surface area contributed by atoms with Crippen LogP contribution in [0.5, 0.6) is 0 Å². The van der Waals surface area contributed by atoms with Gasteiger partial charge in [0, 0.05) is 13.2 Å². The van der Waals surface area contributed by atoms with E-state index in [1.807, 2.05) is 6.92 Å². The quantitative estimate of drug-likeness (QED) is 0.810. The van der Waals surface area contributed by atoms with E-state index in [0.717, 1.165) is 10.2 Å². The van der Waals surface area contributed by atoms with Gasteiger partial charge in [-0.3, -0.25) is 9.48 Å². The average molecular weight is 351 g/mol. The lowest BCUT2D eigenvalue weighted by Crippen LogP contribution is -2.17. The zero-order valence-electron chi connectivity index (χ0n) is 14.2. The minimum Gasteiger partial charge on any atom is -0.462 e. The number of benzene rings is 1. The highest BCUT2D eigenvalue weighted by atomic mass is 19.3. The van der Waals surface area contributed by atoms with Gasteiger partial charge in [-0.2, -0.15) is 5.10 Å². The van der Waals surface area contributed by atoms with E-state index in [4.69, 9.17) is 4.74 Å². The highest BCUT2D eigenvalue weighted by molar-refractivity contribution is 6.08. The number of ether oxygens (including phenoxy) is 1. The molecule has 0 saturated heterocycles. The van der Waals surface area contributed by atoms with Crippen LogP contribution in [0.1, 0.15) is 52.2 Å². The van der Waals surface area contributed by atoms with Gasteiger partial charge in [-0.1, -0.05) is 13.0 Å². The fourth-order valence-electron chi connectivity index (χ4n) is 2.33. The monoisotopic (exact) mass is 351 g/mol. The summed E-state index contributed by atoms with van der Waals surface area (Å²) >= 11 is 0. The Morgan fingerprint density at radius 1 is 1.28 bits per heavy atom. The Morgan fingerprint density at radius 3 is 2.60 bits per heavy atom. The van der Waals surface area contributed by atoms with Crippen LogP contribution in [0.4, 0.5) is 14.5 Å². The van der Waals surface area contributed by atoms with E-state index in [1.54, 1.807) is 25.1 Å². The second-order valence-electron chi connectivity index (χ2n) is 5.31. The first-order valence-electron chi connectivity index (χ1n) is 7.80. The van der Waals surface area contributed by atoms with Crippen molar-refractivity contribution < 1.29 is 23.1 Å². The molecule has 0 unspecified atom stereocenters. The molecule has 1 amide bonds. The van der Waals surface area contributed by atoms with Crippen molar-refractivity contribution in [1.29, 1.82) is 0 Å². The van der Waals surface area contributed by atoms with E-state index in [2.05, 4.69) is 10.4 Å². The third kappa shape index (κ3) is 4.20. The number of hydrogen-bond donors (Lipinski definition) is 1. The number of esters is 1. The van der Waals surface area contributed by atoms with Gasteiger partial charge in [0.25, 0.3) is 12.3 Å². The second kappa shape index (κ2) is 7.87. The minimum absolute atomic E-state index is 0.162. The van der Waals surface area contributed by atoms with Crippen LogP contribution in [0.3, 0.4) is 0 Å². The molecule has 1 aromatic heterocycles. The van der Waals surface area contributed by atoms with Crippen LogP contribution in [-0.2, 0) is 18.2 Å². The second-order valence-corrected chi connectivity index (χ2v) is 5.31. The largest absolute Gasteiger partial charge is 0.462 e. The van der Waals surface area contributed by atoms with Crippen LogP contribution >= 0.6 is 0 Å². The van der Waals surface area contributed by atoms with Crippen molar-refractivity contribution in [2.75, 3.05) is 11.9 Å². The molecular weight excluding hydrogens is 332 g/mol. The summed E-state index contributed by atoms with van der Waals surface area (Å²) in [6.07, 6.45) is -0.987. The molecule has 0 aliphatic rings. The zero-order valence-corrected chi connectivity index (χ0v) is 14.2. The molecule has 1 N–H and O–H groups in total. The lowest BCUT2D eigenvalue weighted by atomic mass is 10.1. The molecule has 0 radical (unpaired) electrons. The number of nitrogens with zero attached hydrogens (tertiary/aromatic N) is 2. The number of alkyl halides is 2. The molecule has 0 aliphatic carbocycles. The van der Waals surface area contributed by atoms with Crippen molar-refractivity contribution in [2.24, 2.45) is 7.05 Å². The van der Waals surface area contributed by atoms with Crippen molar-refractivity contribution in [3.63, 3.8) is 0 Å². The summed E-state index contributed by atoms with van der Waals surface area (Å²) < 4.78 is 32.2. The van der Waals surface area contributed by atoms with Gasteiger partial charge in [0.05, 0.1) is 23.4 Å². The Balaban J connectivity index is 2.38. The molecule has 0 saturated carbocycles. The van der Waals surface area contributed by atoms with Gasteiger partial charge in [-0.25, -0.2) is 13.6 Å². The number of aromatic nitrogens is 2. The fourth-order valence-corrected chi connectivity index (χ4v) is 2.33. The molecule has 1 aromatic carbocycles. The lowest BCUT2D eigenvalue weighted by Gasteiger charge is -2.12. The number of halogens is 2. The molecular formula is C17H19F2N3O3. The van der Waals surface area contributed by atoms with E-state index >= 15 is 0 Å². The number of aryl methyl sites for hydroxylation is 2. The maximum atomic E-state index is 13.0. The molecule has 1 heterocycles. The lowest BCUT2D eigenvalue weighted by molar-refractivity contribution is 0.0527. The molecule has 0 aliphatic heterocycles. The first kappa shape index (κ1) is 18.6. The normalized spacial score (nSPS) is 10.8. The predicted octanol–water partition coefficient (Wildman–Crippen LogP) is 3.35. The third-order valence-corrected chi connectivity index (χ3v) is 3.54. The van der Waals surface area contributed by atoms with Crippen molar-refractivity contribution in [1.82, 2.24) is 9.78 Å². The highest BCUT2D eigenvalue weighted by Crippen LogP contribution is 2.24. The summed E-state index contributed by atoms with van der Waals surface area (Å²) in [5.41, 5.74) is 0.406. The fraction of sp³-hybridized carbons (Fsp3) is 0.353. The molecule has 0 spiro atoms. The Hall–Kier alpha value is -2.77. The molecule has 25 heavy (non-hydrogen) atoms. The third-order valence-electron chi connectivity index (χ3n) is 3.54. The summed E-state index contributed by atoms with van der Waals surface area (Å²) in [7, 11) is 1.45. The molecule has 0 atom stereocenters. The van der Waals surface area contributed by atoms with Gasteiger partial charge in [0.2, 0.25) is 0 Å². The Bertz CT molecular complexity index is 787. The van der Waals surface area contributed by atoms with E-state index in [0.29, 0.717) is 6.42 Å². The maximum absolute atomic E-state index is 13.0. The van der Waals surface area contributed by atoms with E-state index in [9.17, 15) is 18.4 Å². The number of amides is 1. The van der Waals surface area contributed by atoms with Crippen molar-refractivity contribution >= 4 is 17.6 Å². The summed E-state index contributed by atoms with van der Waals surface area (Å²) in [6.45, 7) is 3.77. The van der Waals surface area contributed by atoms with Crippen molar-refractivity contribution in [3.05, 3.63) is 46.8 Å². The van der Waals surface area contributed by atoms with Crippen LogP contribution in [-0.4, -0.2) is 28.3 Å². The smallest absolute Gasteiger partial charge is 0.340 e. The molecule has 0 fully saturated rings. The van der Waals surface area contributed by atoms with Crippen LogP contribution in [0.15, 0.2) is 24.4 Å². The Morgan fingerprint density at radius 2 is 2.00 bits per heavy atom. The van der Waals surface area contributed by atoms with E-state index in [1.165, 1.54) is 13.2 Å². The molecule has 6 nitrogen and oxygen atoms in total. The number of anilines is 1. The summed E-state index contributed by atoms with van der Waals surface area (Å²) in [4.78, 5) is 24.5. The predicted molar refractivity (Wildman–Crippen MR) is 87.9 cm³/mol. The summed E-state index contributed by atoms with van der Waals surface area (Å²) in [5, 5.41) is 6.13. The van der Waals surface area contributed by atoms with Crippen LogP contribution in [0, 0.1) is 0 Å². The Labute approximate surface area is 143 Å². The highest BCUT2D eigenvalue weighted by Gasteiger charge is 2.24. The number of nitrogens with one attached hydrogen (secondary N) is 1. The molecule has 2 aromatic rings. The molecule has 0 bridgehead atoms. The van der Waals surface area contributed by atoms with Crippen LogP contribution < -0.4 is 5.32 Å². The first-order chi connectivity index (χ1) is 11.9. The van der Waals surface area contributed by atoms with Gasteiger partial charge in [0.1, 0.15) is 5.69 Å². The Kier molecular flexibility index (Phi) is 5.84. The van der Waals surface area contributed by atoms with E-state index in [-0.39, 0.29) is 23.4 Å². The summed E-state index contributed by atoms with van der Waals surface area (Å²) in [6, 6.07) is 4.92. The number of carbonyl (C=O) groups is 2. The van der Waals surface area contributed by atoms with Gasteiger partial charge in [0.15, 0.2) is 0 Å². The van der Waals surface area contributed by atoms with Crippen molar-refractivity contribution in [3.8, 4) is 0 Å². The minimum atomic E-state index is -2.88. The maximum Gasteiger partial charge on any atom is 0.340 e. The van der Waals surface area contributed by atoms with Crippen LogP contribution in [0.25, 0.3) is 0 Å². The SMILES string of the molecule is CCOC(=O)c1ccc(CC)cc1NC(=O)c1cn(C)nc1C(F)F. The number of hydrogen-bond acceptors (Lipinski definition) is 4.